The molecule has 0 amide bonds. The molecule has 0 bridgehead atoms. The Morgan fingerprint density at radius 1 is 1.33 bits per heavy atom. The number of hydrogen-bond acceptors (Lipinski definition) is 4. The van der Waals surface area contributed by atoms with Crippen LogP contribution in [0, 0.1) is 0 Å². The SMILES string of the molecule is Nc1cnsc1COc1ccc(Cl)cc1. The van der Waals surface area contributed by atoms with Crippen molar-refractivity contribution in [1.29, 1.82) is 0 Å². The van der Waals surface area contributed by atoms with E-state index in [0.29, 0.717) is 17.3 Å². The lowest BCUT2D eigenvalue weighted by Gasteiger charge is -2.04. The van der Waals surface area contributed by atoms with E-state index in [1.807, 2.05) is 12.1 Å². The normalized spacial score (nSPS) is 10.2. The number of benzene rings is 1. The Bertz CT molecular complexity index is 441. The molecule has 0 aliphatic carbocycles. The molecular weight excluding hydrogens is 232 g/mol. The van der Waals surface area contributed by atoms with Gasteiger partial charge in [0, 0.05) is 5.02 Å². The monoisotopic (exact) mass is 240 g/mol. The standard InChI is InChI=1S/C10H9ClN2OS/c11-7-1-3-8(4-2-7)14-6-10-9(12)5-13-15-10/h1-5H,6,12H2. The van der Waals surface area contributed by atoms with E-state index in [0.717, 1.165) is 10.6 Å². The largest absolute Gasteiger partial charge is 0.488 e. The number of rotatable bonds is 3. The zero-order valence-corrected chi connectivity index (χ0v) is 9.39. The Hall–Kier alpha value is -1.26. The summed E-state index contributed by atoms with van der Waals surface area (Å²) in [4.78, 5) is 0.935. The molecule has 0 fully saturated rings. The molecule has 0 spiro atoms. The third kappa shape index (κ3) is 2.61. The van der Waals surface area contributed by atoms with Crippen molar-refractivity contribution in [3.63, 3.8) is 0 Å². The maximum absolute atomic E-state index is 5.75. The lowest BCUT2D eigenvalue weighted by atomic mass is 10.3. The van der Waals surface area contributed by atoms with Crippen molar-refractivity contribution in [3.8, 4) is 5.75 Å². The van der Waals surface area contributed by atoms with Crippen LogP contribution in [0.2, 0.25) is 5.02 Å². The van der Waals surface area contributed by atoms with Gasteiger partial charge < -0.3 is 10.5 Å². The zero-order valence-electron chi connectivity index (χ0n) is 7.81. The number of aromatic nitrogens is 1. The zero-order chi connectivity index (χ0) is 10.7. The summed E-state index contributed by atoms with van der Waals surface area (Å²) in [6.45, 7) is 0.443. The lowest BCUT2D eigenvalue weighted by Crippen LogP contribution is -1.96. The molecule has 0 unspecified atom stereocenters. The van der Waals surface area contributed by atoms with E-state index < -0.39 is 0 Å². The first-order valence-electron chi connectivity index (χ1n) is 4.33. The van der Waals surface area contributed by atoms with Gasteiger partial charge >= 0.3 is 0 Å². The first kappa shape index (κ1) is 10.3. The van der Waals surface area contributed by atoms with E-state index in [-0.39, 0.29) is 0 Å². The third-order valence-corrected chi connectivity index (χ3v) is 2.90. The van der Waals surface area contributed by atoms with E-state index in [9.17, 15) is 0 Å². The molecule has 2 N–H and O–H groups in total. The predicted octanol–water partition coefficient (Wildman–Crippen LogP) is 2.96. The quantitative estimate of drug-likeness (QED) is 0.897. The Labute approximate surface area is 96.6 Å². The van der Waals surface area contributed by atoms with Gasteiger partial charge in [-0.25, -0.2) is 0 Å². The Balaban J connectivity index is 1.99. The summed E-state index contributed by atoms with van der Waals surface area (Å²) in [6.07, 6.45) is 1.63. The van der Waals surface area contributed by atoms with Crippen molar-refractivity contribution in [3.05, 3.63) is 40.4 Å². The van der Waals surface area contributed by atoms with Crippen LogP contribution in [0.15, 0.2) is 30.5 Å². The molecule has 15 heavy (non-hydrogen) atoms. The van der Waals surface area contributed by atoms with E-state index >= 15 is 0 Å². The summed E-state index contributed by atoms with van der Waals surface area (Å²) in [7, 11) is 0. The summed E-state index contributed by atoms with van der Waals surface area (Å²) < 4.78 is 9.48. The second kappa shape index (κ2) is 4.51. The molecule has 0 saturated carbocycles. The van der Waals surface area contributed by atoms with Gasteiger partial charge in [0.1, 0.15) is 12.4 Å². The van der Waals surface area contributed by atoms with Crippen LogP contribution in [-0.4, -0.2) is 4.37 Å². The maximum Gasteiger partial charge on any atom is 0.126 e. The molecule has 0 atom stereocenters. The predicted molar refractivity (Wildman–Crippen MR) is 62.3 cm³/mol. The van der Waals surface area contributed by atoms with Gasteiger partial charge in [0.2, 0.25) is 0 Å². The van der Waals surface area contributed by atoms with Gasteiger partial charge in [0.25, 0.3) is 0 Å². The average molecular weight is 241 g/mol. The van der Waals surface area contributed by atoms with Gasteiger partial charge in [-0.15, -0.1) is 0 Å². The highest BCUT2D eigenvalue weighted by Crippen LogP contribution is 2.20. The number of nitrogen functional groups attached to an aromatic ring is 1. The Morgan fingerprint density at radius 2 is 2.07 bits per heavy atom. The number of ether oxygens (including phenoxy) is 1. The van der Waals surface area contributed by atoms with Crippen LogP contribution in [0.5, 0.6) is 5.75 Å². The molecule has 0 aliphatic heterocycles. The summed E-state index contributed by atoms with van der Waals surface area (Å²) in [5.41, 5.74) is 6.35. The average Bonchev–Trinajstić information content (AvgIpc) is 2.63. The van der Waals surface area contributed by atoms with Crippen molar-refractivity contribution >= 4 is 28.8 Å². The molecule has 0 saturated heterocycles. The van der Waals surface area contributed by atoms with Crippen LogP contribution in [0.3, 0.4) is 0 Å². The molecular formula is C10H9ClN2OS. The molecule has 1 aromatic heterocycles. The number of hydrogen-bond donors (Lipinski definition) is 1. The van der Waals surface area contributed by atoms with Gasteiger partial charge in [-0.3, -0.25) is 0 Å². The second-order valence-corrected chi connectivity index (χ2v) is 4.27. The summed E-state index contributed by atoms with van der Waals surface area (Å²) >= 11 is 7.10. The van der Waals surface area contributed by atoms with Crippen LogP contribution in [0.4, 0.5) is 5.69 Å². The molecule has 1 heterocycles. The topological polar surface area (TPSA) is 48.1 Å². The third-order valence-electron chi connectivity index (χ3n) is 1.86. The fourth-order valence-electron chi connectivity index (χ4n) is 1.06. The minimum atomic E-state index is 0.443. The van der Waals surface area contributed by atoms with Crippen LogP contribution in [0.1, 0.15) is 4.88 Å². The highest BCUT2D eigenvalue weighted by molar-refractivity contribution is 7.06. The molecule has 0 radical (unpaired) electrons. The molecule has 2 rings (SSSR count). The van der Waals surface area contributed by atoms with Gasteiger partial charge in [0.05, 0.1) is 16.8 Å². The second-order valence-electron chi connectivity index (χ2n) is 2.95. The highest BCUT2D eigenvalue weighted by atomic mass is 35.5. The molecule has 3 nitrogen and oxygen atoms in total. The number of nitrogens with zero attached hydrogens (tertiary/aromatic N) is 1. The number of nitrogens with two attached hydrogens (primary N) is 1. The first-order chi connectivity index (χ1) is 7.25. The van der Waals surface area contributed by atoms with Crippen molar-refractivity contribution in [1.82, 2.24) is 4.37 Å². The van der Waals surface area contributed by atoms with Crippen molar-refractivity contribution < 1.29 is 4.74 Å². The smallest absolute Gasteiger partial charge is 0.126 e. The van der Waals surface area contributed by atoms with Crippen LogP contribution in [0.25, 0.3) is 0 Å². The molecule has 1 aromatic carbocycles. The Kier molecular flexibility index (Phi) is 3.08. The van der Waals surface area contributed by atoms with Gasteiger partial charge in [-0.1, -0.05) is 11.6 Å². The Morgan fingerprint density at radius 3 is 2.67 bits per heavy atom. The van der Waals surface area contributed by atoms with Gasteiger partial charge in [-0.05, 0) is 35.8 Å². The van der Waals surface area contributed by atoms with Crippen LogP contribution in [-0.2, 0) is 6.61 Å². The van der Waals surface area contributed by atoms with Gasteiger partial charge in [0.15, 0.2) is 0 Å². The van der Waals surface area contributed by atoms with Crippen LogP contribution < -0.4 is 10.5 Å². The fraction of sp³-hybridized carbons (Fsp3) is 0.100. The van der Waals surface area contributed by atoms with E-state index in [4.69, 9.17) is 22.1 Å². The van der Waals surface area contributed by atoms with Gasteiger partial charge in [-0.2, -0.15) is 4.37 Å². The van der Waals surface area contributed by atoms with E-state index in [2.05, 4.69) is 4.37 Å². The molecule has 2 aromatic rings. The minimum Gasteiger partial charge on any atom is -0.488 e. The van der Waals surface area contributed by atoms with Crippen LogP contribution >= 0.6 is 23.1 Å². The number of anilines is 1. The first-order valence-corrected chi connectivity index (χ1v) is 5.48. The van der Waals surface area contributed by atoms with Crippen molar-refractivity contribution in [2.24, 2.45) is 0 Å². The van der Waals surface area contributed by atoms with E-state index in [1.54, 1.807) is 18.3 Å². The molecule has 5 heteroatoms. The summed E-state index contributed by atoms with van der Waals surface area (Å²) in [5.74, 6) is 0.771. The van der Waals surface area contributed by atoms with Crippen molar-refractivity contribution in [2.75, 3.05) is 5.73 Å². The fourth-order valence-corrected chi connectivity index (χ4v) is 1.75. The number of halogens is 1. The van der Waals surface area contributed by atoms with Crippen molar-refractivity contribution in [2.45, 2.75) is 6.61 Å². The minimum absolute atomic E-state index is 0.443. The summed E-state index contributed by atoms with van der Waals surface area (Å²) in [5, 5.41) is 0.694. The summed E-state index contributed by atoms with van der Waals surface area (Å²) in [6, 6.07) is 7.21. The maximum atomic E-state index is 5.75. The highest BCUT2D eigenvalue weighted by Gasteiger charge is 2.02. The van der Waals surface area contributed by atoms with E-state index in [1.165, 1.54) is 11.5 Å². The molecule has 0 aliphatic rings. The molecule has 78 valence electrons. The lowest BCUT2D eigenvalue weighted by molar-refractivity contribution is 0.310.